The van der Waals surface area contributed by atoms with Gasteiger partial charge in [0.25, 0.3) is 0 Å². The van der Waals surface area contributed by atoms with Gasteiger partial charge in [0.1, 0.15) is 0 Å². The largest absolute Gasteiger partial charge is 0.392 e. The minimum atomic E-state index is -0.365. The molecule has 4 nitrogen and oxygen atoms in total. The van der Waals surface area contributed by atoms with E-state index in [1.54, 1.807) is 12.1 Å². The fraction of sp³-hybridized carbons (Fsp3) is 0.143. The molecule has 0 spiro atoms. The number of benzene rings is 2. The van der Waals surface area contributed by atoms with Gasteiger partial charge in [0.05, 0.1) is 13.2 Å². The lowest BCUT2D eigenvalue weighted by atomic mass is 9.98. The van der Waals surface area contributed by atoms with Crippen molar-refractivity contribution in [3.63, 3.8) is 0 Å². The van der Waals surface area contributed by atoms with Crippen LogP contribution in [-0.4, -0.2) is 35.0 Å². The fourth-order valence-electron chi connectivity index (χ4n) is 3.04. The second-order valence-electron chi connectivity index (χ2n) is 6.10. The molecule has 2 aromatic carbocycles. The molecule has 1 aliphatic rings. The first kappa shape index (κ1) is 17.0. The third-order valence-corrected chi connectivity index (χ3v) is 4.43. The first-order valence-corrected chi connectivity index (χ1v) is 7.89. The van der Waals surface area contributed by atoms with Crippen LogP contribution >= 0.6 is 0 Å². The number of aliphatic hydroxyl groups excluding tert-OH is 2. The highest BCUT2D eigenvalue weighted by Gasteiger charge is 2.22. The zero-order chi connectivity index (χ0) is 18.1. The molecule has 25 heavy (non-hydrogen) atoms. The summed E-state index contributed by atoms with van der Waals surface area (Å²) in [6, 6.07) is 10.8. The Bertz CT molecular complexity index is 846. The average Bonchev–Trinajstić information content (AvgIpc) is 3.01. The summed E-state index contributed by atoms with van der Waals surface area (Å²) < 4.78 is 0. The lowest BCUT2D eigenvalue weighted by Gasteiger charge is -2.06. The molecule has 126 valence electrons. The zero-order valence-corrected chi connectivity index (χ0v) is 13.7. The van der Waals surface area contributed by atoms with Crippen LogP contribution in [-0.2, 0) is 6.42 Å². The van der Waals surface area contributed by atoms with Crippen molar-refractivity contribution in [1.29, 1.82) is 0 Å². The standard InChI is InChI=1S/C21H18O4/c1-12(10-22)20(24)14-3-5-18-16(7-14)9-17-8-15(4-6-19(17)18)21(25)13(2)11-23/h3-8,22-23H,1-2,9-11H2. The SMILES string of the molecule is C=C(CO)C(=O)c1ccc2c(c1)Cc1cc(C(=O)C(=C)CO)ccc1-2. The van der Waals surface area contributed by atoms with Gasteiger partial charge in [-0.15, -0.1) is 0 Å². The average molecular weight is 334 g/mol. The topological polar surface area (TPSA) is 74.6 Å². The van der Waals surface area contributed by atoms with Crippen LogP contribution < -0.4 is 0 Å². The van der Waals surface area contributed by atoms with Gasteiger partial charge in [0, 0.05) is 22.3 Å². The van der Waals surface area contributed by atoms with Crippen LogP contribution in [0.5, 0.6) is 0 Å². The summed E-state index contributed by atoms with van der Waals surface area (Å²) in [5, 5.41) is 18.1. The van der Waals surface area contributed by atoms with Gasteiger partial charge in [-0.05, 0) is 40.8 Å². The molecule has 0 saturated carbocycles. The number of ketones is 2. The van der Waals surface area contributed by atoms with E-state index in [4.69, 9.17) is 10.2 Å². The van der Waals surface area contributed by atoms with Crippen molar-refractivity contribution >= 4 is 11.6 Å². The second-order valence-corrected chi connectivity index (χ2v) is 6.10. The first-order chi connectivity index (χ1) is 12.0. The molecule has 2 aromatic rings. The van der Waals surface area contributed by atoms with Gasteiger partial charge < -0.3 is 10.2 Å². The van der Waals surface area contributed by atoms with Crippen LogP contribution in [0.15, 0.2) is 60.7 Å². The van der Waals surface area contributed by atoms with Gasteiger partial charge in [-0.1, -0.05) is 37.4 Å². The summed E-state index contributed by atoms with van der Waals surface area (Å²) >= 11 is 0. The molecular formula is C21H18O4. The van der Waals surface area contributed by atoms with Crippen molar-refractivity contribution in [2.75, 3.05) is 13.2 Å². The van der Waals surface area contributed by atoms with E-state index in [0.29, 0.717) is 17.5 Å². The Morgan fingerprint density at radius 1 is 0.800 bits per heavy atom. The van der Waals surface area contributed by atoms with E-state index in [1.165, 1.54) is 0 Å². The van der Waals surface area contributed by atoms with Gasteiger partial charge in [0.2, 0.25) is 0 Å². The number of carbonyl (C=O) groups is 2. The molecule has 0 aliphatic heterocycles. The van der Waals surface area contributed by atoms with Crippen LogP contribution in [0, 0.1) is 0 Å². The Labute approximate surface area is 145 Å². The van der Waals surface area contributed by atoms with Crippen LogP contribution in [0.3, 0.4) is 0 Å². The summed E-state index contributed by atoms with van der Waals surface area (Å²) in [6.07, 6.45) is 0.615. The molecule has 0 aromatic heterocycles. The number of hydrogen-bond acceptors (Lipinski definition) is 4. The summed E-state index contributed by atoms with van der Waals surface area (Å²) in [5.41, 5.74) is 5.36. The van der Waals surface area contributed by atoms with Gasteiger partial charge >= 0.3 is 0 Å². The molecule has 0 fully saturated rings. The lowest BCUT2D eigenvalue weighted by molar-refractivity contribution is 0.101. The van der Waals surface area contributed by atoms with Gasteiger partial charge in [-0.3, -0.25) is 9.59 Å². The zero-order valence-electron chi connectivity index (χ0n) is 13.7. The molecule has 0 radical (unpaired) electrons. The van der Waals surface area contributed by atoms with Gasteiger partial charge in [0.15, 0.2) is 11.6 Å². The molecule has 2 N–H and O–H groups in total. The minimum Gasteiger partial charge on any atom is -0.392 e. The van der Waals surface area contributed by atoms with Gasteiger partial charge in [-0.25, -0.2) is 0 Å². The molecule has 0 bridgehead atoms. The number of fused-ring (bicyclic) bond motifs is 3. The normalized spacial score (nSPS) is 11.6. The molecular weight excluding hydrogens is 316 g/mol. The third-order valence-electron chi connectivity index (χ3n) is 4.43. The Balaban J connectivity index is 1.94. The Kier molecular flexibility index (Phi) is 4.49. The number of aliphatic hydroxyl groups is 2. The van der Waals surface area contributed by atoms with Crippen molar-refractivity contribution in [3.8, 4) is 11.1 Å². The Hall–Kier alpha value is -2.82. The predicted molar refractivity (Wildman–Crippen MR) is 95.8 cm³/mol. The monoisotopic (exact) mass is 334 g/mol. The maximum atomic E-state index is 12.2. The molecule has 0 saturated heterocycles. The highest BCUT2D eigenvalue weighted by molar-refractivity contribution is 6.10. The molecule has 3 rings (SSSR count). The van der Waals surface area contributed by atoms with Gasteiger partial charge in [-0.2, -0.15) is 0 Å². The van der Waals surface area contributed by atoms with Crippen LogP contribution in [0.2, 0.25) is 0 Å². The second kappa shape index (κ2) is 6.59. The van der Waals surface area contributed by atoms with E-state index in [0.717, 1.165) is 22.3 Å². The first-order valence-electron chi connectivity index (χ1n) is 7.89. The number of hydrogen-bond donors (Lipinski definition) is 2. The maximum Gasteiger partial charge on any atom is 0.190 e. The Morgan fingerprint density at radius 2 is 1.20 bits per heavy atom. The predicted octanol–water partition coefficient (Wildman–Crippen LogP) is 2.72. The molecule has 0 heterocycles. The summed E-state index contributed by atoms with van der Waals surface area (Å²) in [7, 11) is 0. The van der Waals surface area contributed by atoms with E-state index >= 15 is 0 Å². The molecule has 0 amide bonds. The van der Waals surface area contributed by atoms with Crippen LogP contribution in [0.1, 0.15) is 31.8 Å². The summed E-state index contributed by atoms with van der Waals surface area (Å²) in [4.78, 5) is 24.3. The molecule has 0 unspecified atom stereocenters. The number of rotatable bonds is 6. The minimum absolute atomic E-state index is 0.158. The quantitative estimate of drug-likeness (QED) is 0.537. The smallest absolute Gasteiger partial charge is 0.190 e. The molecule has 1 aliphatic carbocycles. The van der Waals surface area contributed by atoms with E-state index in [2.05, 4.69) is 13.2 Å². The van der Waals surface area contributed by atoms with Crippen LogP contribution in [0.4, 0.5) is 0 Å². The third kappa shape index (κ3) is 2.97. The Morgan fingerprint density at radius 3 is 1.56 bits per heavy atom. The highest BCUT2D eigenvalue weighted by Crippen LogP contribution is 2.38. The van der Waals surface area contributed by atoms with Crippen LogP contribution in [0.25, 0.3) is 11.1 Å². The van der Waals surface area contributed by atoms with E-state index in [-0.39, 0.29) is 35.9 Å². The summed E-state index contributed by atoms with van der Waals surface area (Å²) in [5.74, 6) is -0.535. The van der Waals surface area contributed by atoms with Crippen molar-refractivity contribution in [2.45, 2.75) is 6.42 Å². The summed E-state index contributed by atoms with van der Waals surface area (Å²) in [6.45, 7) is 6.42. The van der Waals surface area contributed by atoms with Crippen molar-refractivity contribution in [2.24, 2.45) is 0 Å². The van der Waals surface area contributed by atoms with Crippen molar-refractivity contribution in [3.05, 3.63) is 83.0 Å². The fourth-order valence-corrected chi connectivity index (χ4v) is 3.04. The van der Waals surface area contributed by atoms with E-state index < -0.39 is 0 Å². The van der Waals surface area contributed by atoms with Crippen molar-refractivity contribution < 1.29 is 19.8 Å². The number of carbonyl (C=O) groups excluding carboxylic acids is 2. The number of Topliss-reactive ketones (excluding diaryl/α,β-unsaturated/α-hetero) is 2. The highest BCUT2D eigenvalue weighted by atomic mass is 16.3. The van der Waals surface area contributed by atoms with E-state index in [9.17, 15) is 9.59 Å². The molecule has 0 atom stereocenters. The van der Waals surface area contributed by atoms with E-state index in [1.807, 2.05) is 24.3 Å². The molecule has 4 heteroatoms. The lowest BCUT2D eigenvalue weighted by Crippen LogP contribution is -2.06. The maximum absolute atomic E-state index is 12.2. The van der Waals surface area contributed by atoms with Crippen molar-refractivity contribution in [1.82, 2.24) is 0 Å².